The standard InChI is InChI=1S/C18H21N2O5S/c19-17(22)15(11-14(21)7-6-12-4-2-1-3-5-12)13-8-9-26(24,25)16(10-13)18(20)23/h1-5,7-10,14-16,21H,6,11H2,(H2,19,22)(H2,20,23)/t14-,15-,16?/m0/s1. The van der Waals surface area contributed by atoms with Gasteiger partial charge in [0.25, 0.3) is 0 Å². The molecule has 139 valence electrons. The molecule has 0 bridgehead atoms. The first kappa shape index (κ1) is 19.9. The van der Waals surface area contributed by atoms with Crippen molar-refractivity contribution in [2.24, 2.45) is 17.4 Å². The van der Waals surface area contributed by atoms with Gasteiger partial charge in [-0.15, -0.1) is 0 Å². The van der Waals surface area contributed by atoms with Crippen molar-refractivity contribution in [2.75, 3.05) is 0 Å². The number of aliphatic hydroxyl groups excluding tert-OH is 1. The van der Waals surface area contributed by atoms with Crippen LogP contribution in [0.3, 0.4) is 0 Å². The van der Waals surface area contributed by atoms with Crippen LogP contribution in [0.5, 0.6) is 0 Å². The number of allylic oxidation sites excluding steroid dienone is 1. The summed E-state index contributed by atoms with van der Waals surface area (Å²) in [6, 6.07) is 9.45. The first-order valence-electron chi connectivity index (χ1n) is 7.98. The van der Waals surface area contributed by atoms with Gasteiger partial charge >= 0.3 is 0 Å². The highest BCUT2D eigenvalue weighted by Crippen LogP contribution is 2.26. The summed E-state index contributed by atoms with van der Waals surface area (Å²) in [5.41, 5.74) is 11.8. The van der Waals surface area contributed by atoms with E-state index in [0.29, 0.717) is 6.42 Å². The summed E-state index contributed by atoms with van der Waals surface area (Å²) in [5.74, 6) is -2.70. The molecule has 1 radical (unpaired) electrons. The van der Waals surface area contributed by atoms with Gasteiger partial charge in [-0.05, 0) is 36.5 Å². The SMILES string of the molecule is NC(=O)C1C=C([C@H](C[C@@H](O)[CH]Cc2ccccc2)C(N)=O)C=CS1(=O)=O. The third kappa shape index (κ3) is 5.03. The molecule has 1 heterocycles. The van der Waals surface area contributed by atoms with Crippen molar-refractivity contribution in [3.8, 4) is 0 Å². The number of benzene rings is 1. The van der Waals surface area contributed by atoms with E-state index in [0.717, 1.165) is 17.0 Å². The molecule has 1 aliphatic rings. The molecular weight excluding hydrogens is 356 g/mol. The molecule has 7 nitrogen and oxygen atoms in total. The molecule has 0 saturated carbocycles. The summed E-state index contributed by atoms with van der Waals surface area (Å²) in [5, 5.41) is 9.51. The molecule has 0 aliphatic carbocycles. The number of nitrogens with two attached hydrogens (primary N) is 2. The smallest absolute Gasteiger partial charge is 0.240 e. The lowest BCUT2D eigenvalue weighted by Crippen LogP contribution is -2.37. The van der Waals surface area contributed by atoms with Crippen molar-refractivity contribution < 1.29 is 23.1 Å². The molecule has 0 spiro atoms. The second-order valence-electron chi connectivity index (χ2n) is 6.06. The van der Waals surface area contributed by atoms with Crippen molar-refractivity contribution in [3.05, 3.63) is 65.4 Å². The van der Waals surface area contributed by atoms with E-state index >= 15 is 0 Å². The topological polar surface area (TPSA) is 141 Å². The van der Waals surface area contributed by atoms with Gasteiger partial charge < -0.3 is 16.6 Å². The second-order valence-corrected chi connectivity index (χ2v) is 8.02. The van der Waals surface area contributed by atoms with Crippen LogP contribution in [0.15, 0.2) is 53.5 Å². The van der Waals surface area contributed by atoms with Gasteiger partial charge in [0.2, 0.25) is 11.8 Å². The molecule has 1 unspecified atom stereocenters. The second kappa shape index (κ2) is 8.29. The van der Waals surface area contributed by atoms with Crippen LogP contribution in [0.1, 0.15) is 12.0 Å². The van der Waals surface area contributed by atoms with E-state index in [1.165, 1.54) is 6.08 Å². The Bertz CT molecular complexity index is 830. The molecule has 1 aliphatic heterocycles. The highest BCUT2D eigenvalue weighted by atomic mass is 32.2. The third-order valence-corrected chi connectivity index (χ3v) is 5.71. The number of sulfone groups is 1. The molecule has 1 aromatic carbocycles. The fourth-order valence-corrected chi connectivity index (χ4v) is 3.89. The maximum atomic E-state index is 11.8. The van der Waals surface area contributed by atoms with Crippen molar-refractivity contribution in [2.45, 2.75) is 24.2 Å². The third-order valence-electron chi connectivity index (χ3n) is 4.12. The lowest BCUT2D eigenvalue weighted by atomic mass is 9.89. The van der Waals surface area contributed by atoms with E-state index in [9.17, 15) is 23.1 Å². The minimum atomic E-state index is -3.84. The quantitative estimate of drug-likeness (QED) is 0.585. The zero-order valence-corrected chi connectivity index (χ0v) is 14.8. The first-order valence-corrected chi connectivity index (χ1v) is 9.59. The average Bonchev–Trinajstić information content (AvgIpc) is 2.58. The molecule has 5 N–H and O–H groups in total. The van der Waals surface area contributed by atoms with Crippen molar-refractivity contribution in [1.29, 1.82) is 0 Å². The molecule has 0 aromatic heterocycles. The Morgan fingerprint density at radius 2 is 1.85 bits per heavy atom. The van der Waals surface area contributed by atoms with Crippen molar-refractivity contribution in [1.82, 2.24) is 0 Å². The van der Waals surface area contributed by atoms with E-state index in [1.54, 1.807) is 6.42 Å². The van der Waals surface area contributed by atoms with Crippen LogP contribution in [-0.4, -0.2) is 36.7 Å². The summed E-state index contributed by atoms with van der Waals surface area (Å²) in [7, 11) is -3.84. The highest BCUT2D eigenvalue weighted by Gasteiger charge is 2.33. The monoisotopic (exact) mass is 377 g/mol. The zero-order chi connectivity index (χ0) is 19.3. The number of aliphatic hydroxyl groups is 1. The minimum absolute atomic E-state index is 0.0239. The van der Waals surface area contributed by atoms with Crippen molar-refractivity contribution in [3.63, 3.8) is 0 Å². The van der Waals surface area contributed by atoms with Gasteiger partial charge in [0.05, 0.1) is 12.0 Å². The molecule has 8 heteroatoms. The number of carbonyl (C=O) groups excluding carboxylic acids is 2. The largest absolute Gasteiger partial charge is 0.393 e. The fourth-order valence-electron chi connectivity index (χ4n) is 2.70. The molecule has 0 fully saturated rings. The number of primary amides is 2. The average molecular weight is 377 g/mol. The highest BCUT2D eigenvalue weighted by molar-refractivity contribution is 7.95. The number of hydrogen-bond donors (Lipinski definition) is 3. The Labute approximate surface area is 152 Å². The molecule has 3 atom stereocenters. The van der Waals surface area contributed by atoms with Crippen LogP contribution >= 0.6 is 0 Å². The molecule has 2 rings (SSSR count). The molecular formula is C18H21N2O5S. The van der Waals surface area contributed by atoms with Crippen LogP contribution in [-0.2, 0) is 25.8 Å². The minimum Gasteiger partial charge on any atom is -0.393 e. The van der Waals surface area contributed by atoms with Gasteiger partial charge in [0.1, 0.15) is 0 Å². The summed E-state index contributed by atoms with van der Waals surface area (Å²) < 4.78 is 23.7. The first-order chi connectivity index (χ1) is 12.2. The maximum Gasteiger partial charge on any atom is 0.240 e. The van der Waals surface area contributed by atoms with Gasteiger partial charge in [0.15, 0.2) is 15.1 Å². The number of amides is 2. The van der Waals surface area contributed by atoms with Crippen molar-refractivity contribution >= 4 is 21.7 Å². The van der Waals surface area contributed by atoms with Gasteiger partial charge in [0, 0.05) is 5.41 Å². The predicted molar refractivity (Wildman–Crippen MR) is 96.9 cm³/mol. The summed E-state index contributed by atoms with van der Waals surface area (Å²) in [4.78, 5) is 23.2. The number of rotatable bonds is 8. The van der Waals surface area contributed by atoms with Crippen LogP contribution in [0, 0.1) is 12.3 Å². The molecule has 0 saturated heterocycles. The van der Waals surface area contributed by atoms with Crippen LogP contribution < -0.4 is 11.5 Å². The van der Waals surface area contributed by atoms with Gasteiger partial charge in [-0.25, -0.2) is 8.42 Å². The van der Waals surface area contributed by atoms with Gasteiger partial charge in [-0.1, -0.05) is 36.4 Å². The van der Waals surface area contributed by atoms with E-state index in [4.69, 9.17) is 11.5 Å². The Balaban J connectivity index is 2.10. The lowest BCUT2D eigenvalue weighted by Gasteiger charge is -2.22. The zero-order valence-electron chi connectivity index (χ0n) is 14.0. The van der Waals surface area contributed by atoms with Crippen LogP contribution in [0.4, 0.5) is 0 Å². The van der Waals surface area contributed by atoms with E-state index < -0.39 is 38.9 Å². The fraction of sp³-hybridized carbons (Fsp3) is 0.278. The Morgan fingerprint density at radius 1 is 1.19 bits per heavy atom. The summed E-state index contributed by atoms with van der Waals surface area (Å²) >= 11 is 0. The summed E-state index contributed by atoms with van der Waals surface area (Å²) in [6.07, 6.45) is 3.52. The van der Waals surface area contributed by atoms with E-state index in [2.05, 4.69) is 0 Å². The lowest BCUT2D eigenvalue weighted by molar-refractivity contribution is -0.121. The van der Waals surface area contributed by atoms with Crippen LogP contribution in [0.2, 0.25) is 0 Å². The molecule has 2 amide bonds. The maximum absolute atomic E-state index is 11.8. The van der Waals surface area contributed by atoms with Gasteiger partial charge in [-0.2, -0.15) is 0 Å². The van der Waals surface area contributed by atoms with E-state index in [-0.39, 0.29) is 12.0 Å². The normalized spacial score (nSPS) is 20.8. The number of carbonyl (C=O) groups is 2. The van der Waals surface area contributed by atoms with E-state index in [1.807, 2.05) is 30.3 Å². The Morgan fingerprint density at radius 3 is 2.42 bits per heavy atom. The van der Waals surface area contributed by atoms with Crippen LogP contribution in [0.25, 0.3) is 0 Å². The number of hydrogen-bond acceptors (Lipinski definition) is 5. The Kier molecular flexibility index (Phi) is 6.33. The summed E-state index contributed by atoms with van der Waals surface area (Å²) in [6.45, 7) is 0. The predicted octanol–water partition coefficient (Wildman–Crippen LogP) is 0.00829. The molecule has 1 aromatic rings. The molecule has 26 heavy (non-hydrogen) atoms. The Hall–Kier alpha value is -2.45. The van der Waals surface area contributed by atoms with Gasteiger partial charge in [-0.3, -0.25) is 9.59 Å².